The smallest absolute Gasteiger partial charge is 0.242 e. The van der Waals surface area contributed by atoms with Crippen molar-refractivity contribution in [3.05, 3.63) is 0 Å². The van der Waals surface area contributed by atoms with Gasteiger partial charge in [0.15, 0.2) is 5.96 Å². The highest BCUT2D eigenvalue weighted by molar-refractivity contribution is 14.0. The fourth-order valence-electron chi connectivity index (χ4n) is 2.03. The van der Waals surface area contributed by atoms with Gasteiger partial charge in [0.05, 0.1) is 0 Å². The third-order valence-electron chi connectivity index (χ3n) is 2.80. The summed E-state index contributed by atoms with van der Waals surface area (Å²) in [6.45, 7) is 3.94. The van der Waals surface area contributed by atoms with E-state index >= 15 is 0 Å². The van der Waals surface area contributed by atoms with Gasteiger partial charge in [-0.15, -0.1) is 24.0 Å². The lowest BCUT2D eigenvalue weighted by Gasteiger charge is -2.23. The van der Waals surface area contributed by atoms with Gasteiger partial charge >= 0.3 is 0 Å². The molecule has 0 saturated heterocycles. The first-order valence-corrected chi connectivity index (χ1v) is 6.43. The topological polar surface area (TPSA) is 79.5 Å². The SMILES string of the molecule is CC(C)NC(=O)CN=C(N)NC1CCCCC1.I. The van der Waals surface area contributed by atoms with E-state index in [1.54, 1.807) is 0 Å². The number of carbonyl (C=O) groups excluding carboxylic acids is 1. The molecular formula is C12H25IN4O. The zero-order chi connectivity index (χ0) is 12.7. The Morgan fingerprint density at radius 2 is 1.94 bits per heavy atom. The van der Waals surface area contributed by atoms with Crippen LogP contribution in [0.4, 0.5) is 0 Å². The van der Waals surface area contributed by atoms with Crippen LogP contribution in [0.25, 0.3) is 0 Å². The molecule has 0 aromatic rings. The quantitative estimate of drug-likeness (QED) is 0.398. The van der Waals surface area contributed by atoms with E-state index in [-0.39, 0.29) is 42.5 Å². The lowest BCUT2D eigenvalue weighted by atomic mass is 9.96. The van der Waals surface area contributed by atoms with Crippen LogP contribution >= 0.6 is 24.0 Å². The first kappa shape index (κ1) is 17.5. The summed E-state index contributed by atoms with van der Waals surface area (Å²) in [7, 11) is 0. The summed E-state index contributed by atoms with van der Waals surface area (Å²) < 4.78 is 0. The van der Waals surface area contributed by atoms with E-state index in [9.17, 15) is 4.79 Å². The van der Waals surface area contributed by atoms with Crippen LogP contribution in [-0.2, 0) is 4.79 Å². The molecule has 1 saturated carbocycles. The van der Waals surface area contributed by atoms with Gasteiger partial charge in [-0.1, -0.05) is 19.3 Å². The van der Waals surface area contributed by atoms with Crippen molar-refractivity contribution < 1.29 is 4.79 Å². The van der Waals surface area contributed by atoms with E-state index in [4.69, 9.17) is 5.73 Å². The standard InChI is InChI=1S/C12H24N4O.HI/c1-9(2)15-11(17)8-14-12(13)16-10-6-4-3-5-7-10;/h9-10H,3-8H2,1-2H3,(H,15,17)(H3,13,14,16);1H. The van der Waals surface area contributed by atoms with Crippen molar-refractivity contribution in [3.63, 3.8) is 0 Å². The predicted molar refractivity (Wildman–Crippen MR) is 85.2 cm³/mol. The van der Waals surface area contributed by atoms with Crippen molar-refractivity contribution in [1.82, 2.24) is 10.6 Å². The Morgan fingerprint density at radius 3 is 2.50 bits per heavy atom. The number of guanidine groups is 1. The molecule has 4 N–H and O–H groups in total. The van der Waals surface area contributed by atoms with Crippen LogP contribution in [-0.4, -0.2) is 30.5 Å². The highest BCUT2D eigenvalue weighted by atomic mass is 127. The molecule has 0 spiro atoms. The molecule has 0 unspecified atom stereocenters. The number of nitrogens with zero attached hydrogens (tertiary/aromatic N) is 1. The number of hydrogen-bond acceptors (Lipinski definition) is 2. The van der Waals surface area contributed by atoms with Crippen molar-refractivity contribution in [2.75, 3.05) is 6.54 Å². The monoisotopic (exact) mass is 368 g/mol. The van der Waals surface area contributed by atoms with Crippen molar-refractivity contribution >= 4 is 35.8 Å². The second-order valence-corrected chi connectivity index (χ2v) is 4.90. The molecule has 6 heteroatoms. The summed E-state index contributed by atoms with van der Waals surface area (Å²) in [5.41, 5.74) is 5.74. The van der Waals surface area contributed by atoms with Gasteiger partial charge in [0.1, 0.15) is 6.54 Å². The summed E-state index contributed by atoms with van der Waals surface area (Å²) in [6, 6.07) is 0.575. The van der Waals surface area contributed by atoms with E-state index in [1.807, 2.05) is 13.8 Å². The summed E-state index contributed by atoms with van der Waals surface area (Å²) in [6.07, 6.45) is 6.10. The van der Waals surface area contributed by atoms with Gasteiger partial charge in [-0.25, -0.2) is 4.99 Å². The van der Waals surface area contributed by atoms with Crippen molar-refractivity contribution in [1.29, 1.82) is 0 Å². The third-order valence-corrected chi connectivity index (χ3v) is 2.80. The Bertz CT molecular complexity index is 275. The molecule has 0 radical (unpaired) electrons. The summed E-state index contributed by atoms with van der Waals surface area (Å²) in [5.74, 6) is 0.296. The molecule has 0 heterocycles. The summed E-state index contributed by atoms with van der Waals surface area (Å²) in [5, 5.41) is 5.95. The molecular weight excluding hydrogens is 343 g/mol. The van der Waals surface area contributed by atoms with Crippen molar-refractivity contribution in [2.45, 2.75) is 58.0 Å². The number of nitrogens with one attached hydrogen (secondary N) is 2. The van der Waals surface area contributed by atoms with E-state index in [2.05, 4.69) is 15.6 Å². The first-order valence-electron chi connectivity index (χ1n) is 6.43. The summed E-state index contributed by atoms with van der Waals surface area (Å²) in [4.78, 5) is 15.4. The number of aliphatic imine (C=N–C) groups is 1. The van der Waals surface area contributed by atoms with Crippen LogP contribution in [0.2, 0.25) is 0 Å². The highest BCUT2D eigenvalue weighted by Crippen LogP contribution is 2.16. The van der Waals surface area contributed by atoms with Crippen molar-refractivity contribution in [3.8, 4) is 0 Å². The van der Waals surface area contributed by atoms with Gasteiger partial charge in [-0.2, -0.15) is 0 Å². The van der Waals surface area contributed by atoms with Gasteiger partial charge in [0.2, 0.25) is 5.91 Å². The number of halogens is 1. The van der Waals surface area contributed by atoms with Crippen molar-refractivity contribution in [2.24, 2.45) is 10.7 Å². The Morgan fingerprint density at radius 1 is 1.33 bits per heavy atom. The largest absolute Gasteiger partial charge is 0.370 e. The molecule has 0 atom stereocenters. The zero-order valence-corrected chi connectivity index (χ0v) is 13.6. The minimum Gasteiger partial charge on any atom is -0.370 e. The van der Waals surface area contributed by atoms with Gasteiger partial charge < -0.3 is 16.4 Å². The number of nitrogens with two attached hydrogens (primary N) is 1. The molecule has 1 fully saturated rings. The first-order chi connectivity index (χ1) is 8.08. The van der Waals surface area contributed by atoms with Gasteiger partial charge in [0, 0.05) is 12.1 Å². The second kappa shape index (κ2) is 9.41. The van der Waals surface area contributed by atoms with E-state index in [1.165, 1.54) is 19.3 Å². The van der Waals surface area contributed by atoms with Crippen LogP contribution < -0.4 is 16.4 Å². The Labute approximate surface area is 126 Å². The fourth-order valence-corrected chi connectivity index (χ4v) is 2.03. The molecule has 1 aliphatic carbocycles. The molecule has 106 valence electrons. The van der Waals surface area contributed by atoms with Crippen LogP contribution in [0.5, 0.6) is 0 Å². The lowest BCUT2D eigenvalue weighted by molar-refractivity contribution is -0.120. The van der Waals surface area contributed by atoms with Crippen LogP contribution in [0, 0.1) is 0 Å². The number of hydrogen-bond donors (Lipinski definition) is 3. The molecule has 0 aliphatic heterocycles. The Balaban J connectivity index is 0.00000289. The zero-order valence-electron chi connectivity index (χ0n) is 11.2. The Kier molecular flexibility index (Phi) is 9.13. The third kappa shape index (κ3) is 7.73. The molecule has 5 nitrogen and oxygen atoms in total. The molecule has 1 amide bonds. The average molecular weight is 368 g/mol. The van der Waals surface area contributed by atoms with Gasteiger partial charge in [-0.3, -0.25) is 4.79 Å². The molecule has 0 aromatic heterocycles. The molecule has 1 aliphatic rings. The maximum absolute atomic E-state index is 11.3. The maximum atomic E-state index is 11.3. The number of amides is 1. The van der Waals surface area contributed by atoms with Crippen LogP contribution in [0.3, 0.4) is 0 Å². The predicted octanol–water partition coefficient (Wildman–Crippen LogP) is 1.37. The fraction of sp³-hybridized carbons (Fsp3) is 0.833. The number of carbonyl (C=O) groups is 1. The highest BCUT2D eigenvalue weighted by Gasteiger charge is 2.13. The number of rotatable bonds is 4. The molecule has 0 bridgehead atoms. The maximum Gasteiger partial charge on any atom is 0.242 e. The molecule has 1 rings (SSSR count). The minimum absolute atomic E-state index is 0. The lowest BCUT2D eigenvalue weighted by Crippen LogP contribution is -2.42. The van der Waals surface area contributed by atoms with Gasteiger partial charge in [0.25, 0.3) is 0 Å². The molecule has 18 heavy (non-hydrogen) atoms. The van der Waals surface area contributed by atoms with Crippen LogP contribution in [0.1, 0.15) is 46.0 Å². The second-order valence-electron chi connectivity index (χ2n) is 4.90. The van der Waals surface area contributed by atoms with E-state index in [0.717, 1.165) is 12.8 Å². The minimum atomic E-state index is -0.0894. The average Bonchev–Trinajstić information content (AvgIpc) is 2.27. The van der Waals surface area contributed by atoms with Crippen LogP contribution in [0.15, 0.2) is 4.99 Å². The van der Waals surface area contributed by atoms with E-state index in [0.29, 0.717) is 12.0 Å². The molecule has 0 aromatic carbocycles. The Hall–Kier alpha value is -0.530. The normalized spacial score (nSPS) is 17.2. The van der Waals surface area contributed by atoms with E-state index < -0.39 is 0 Å². The van der Waals surface area contributed by atoms with Gasteiger partial charge in [-0.05, 0) is 26.7 Å². The summed E-state index contributed by atoms with van der Waals surface area (Å²) >= 11 is 0.